The van der Waals surface area contributed by atoms with Crippen LogP contribution in [0.3, 0.4) is 0 Å². The first-order valence-electron chi connectivity index (χ1n) is 6.31. The van der Waals surface area contributed by atoms with Crippen LogP contribution in [0.15, 0.2) is 18.2 Å². The molecule has 5 nitrogen and oxygen atoms in total. The van der Waals surface area contributed by atoms with Crippen molar-refractivity contribution in [3.05, 3.63) is 39.7 Å². The van der Waals surface area contributed by atoms with Crippen LogP contribution >= 0.6 is 0 Å². The molecule has 0 spiro atoms. The number of nitro groups is 1. The molecule has 19 heavy (non-hydrogen) atoms. The van der Waals surface area contributed by atoms with E-state index >= 15 is 0 Å². The Bertz CT molecular complexity index is 475. The molecule has 2 N–H and O–H groups in total. The smallest absolute Gasteiger partial charge is 0.304 e. The third-order valence-electron chi connectivity index (χ3n) is 3.64. The summed E-state index contributed by atoms with van der Waals surface area (Å²) in [4.78, 5) is 9.76. The number of nitrogens with zero attached hydrogens (tertiary/aromatic N) is 1. The zero-order valence-corrected chi connectivity index (χ0v) is 10.6. The van der Waals surface area contributed by atoms with E-state index in [1.54, 1.807) is 6.07 Å². The van der Waals surface area contributed by atoms with Gasteiger partial charge in [0, 0.05) is 25.8 Å². The molecule has 0 saturated heterocycles. The third kappa shape index (κ3) is 3.48. The fourth-order valence-corrected chi connectivity index (χ4v) is 2.21. The minimum Gasteiger partial charge on any atom is -0.396 e. The van der Waals surface area contributed by atoms with Crippen molar-refractivity contribution in [3.63, 3.8) is 0 Å². The molecule has 1 aliphatic carbocycles. The molecule has 6 heteroatoms. The van der Waals surface area contributed by atoms with E-state index < -0.39 is 16.4 Å². The van der Waals surface area contributed by atoms with Gasteiger partial charge in [-0.1, -0.05) is 6.07 Å². The van der Waals surface area contributed by atoms with Gasteiger partial charge in [-0.15, -0.1) is 0 Å². The number of halogens is 1. The largest absolute Gasteiger partial charge is 0.396 e. The van der Waals surface area contributed by atoms with E-state index in [9.17, 15) is 14.5 Å². The Labute approximate surface area is 110 Å². The summed E-state index contributed by atoms with van der Waals surface area (Å²) in [6.07, 6.45) is 3.00. The summed E-state index contributed by atoms with van der Waals surface area (Å²) >= 11 is 0. The molecule has 0 atom stereocenters. The highest BCUT2D eigenvalue weighted by molar-refractivity contribution is 5.34. The van der Waals surface area contributed by atoms with Crippen molar-refractivity contribution in [2.75, 3.05) is 13.2 Å². The lowest BCUT2D eigenvalue weighted by atomic mass is 10.0. The second-order valence-electron chi connectivity index (χ2n) is 5.12. The average Bonchev–Trinajstić information content (AvgIpc) is 3.09. The summed E-state index contributed by atoms with van der Waals surface area (Å²) in [6.45, 7) is 1.45. The van der Waals surface area contributed by atoms with E-state index in [1.807, 2.05) is 0 Å². The van der Waals surface area contributed by atoms with Crippen molar-refractivity contribution < 1.29 is 14.4 Å². The predicted molar refractivity (Wildman–Crippen MR) is 68.1 cm³/mol. The number of aliphatic hydroxyl groups excluding tert-OH is 1. The van der Waals surface area contributed by atoms with Crippen molar-refractivity contribution >= 4 is 5.69 Å². The van der Waals surface area contributed by atoms with Gasteiger partial charge < -0.3 is 10.4 Å². The lowest BCUT2D eigenvalue weighted by Gasteiger charge is -2.14. The molecule has 0 heterocycles. The summed E-state index contributed by atoms with van der Waals surface area (Å²) in [7, 11) is 0. The van der Waals surface area contributed by atoms with E-state index in [0.717, 1.165) is 25.8 Å². The second-order valence-corrected chi connectivity index (χ2v) is 5.12. The number of rotatable bonds is 7. The maximum atomic E-state index is 13.4. The number of hydrogen-bond acceptors (Lipinski definition) is 4. The lowest BCUT2D eigenvalue weighted by molar-refractivity contribution is -0.387. The fraction of sp³-hybridized carbons (Fsp3) is 0.538. The first kappa shape index (κ1) is 13.9. The molecule has 1 aliphatic rings. The van der Waals surface area contributed by atoms with Crippen molar-refractivity contribution in [2.45, 2.75) is 25.8 Å². The minimum absolute atomic E-state index is 0.188. The van der Waals surface area contributed by atoms with Crippen molar-refractivity contribution in [2.24, 2.45) is 5.41 Å². The zero-order chi connectivity index (χ0) is 13.9. The van der Waals surface area contributed by atoms with Crippen LogP contribution in [-0.4, -0.2) is 23.2 Å². The molecule has 2 rings (SSSR count). The SMILES string of the molecule is O=[N+]([O-])c1ccc(CNCC2(CCO)CC2)cc1F. The number of aliphatic hydroxyl groups is 1. The molecule has 1 aromatic carbocycles. The Morgan fingerprint density at radius 3 is 2.74 bits per heavy atom. The number of nitro benzene ring substituents is 1. The summed E-state index contributed by atoms with van der Waals surface area (Å²) in [5.74, 6) is -0.805. The summed E-state index contributed by atoms with van der Waals surface area (Å²) in [6, 6.07) is 3.93. The number of benzene rings is 1. The van der Waals surface area contributed by atoms with Gasteiger partial charge in [0.2, 0.25) is 5.82 Å². The molecule has 1 aromatic rings. The molecular formula is C13H17FN2O3. The molecule has 1 fully saturated rings. The Morgan fingerprint density at radius 1 is 1.47 bits per heavy atom. The highest BCUT2D eigenvalue weighted by Gasteiger charge is 2.41. The molecule has 0 amide bonds. The highest BCUT2D eigenvalue weighted by Crippen LogP contribution is 2.47. The maximum Gasteiger partial charge on any atom is 0.304 e. The Hall–Kier alpha value is -1.53. The summed E-state index contributed by atoms with van der Waals surface area (Å²) in [5.41, 5.74) is 0.388. The maximum absolute atomic E-state index is 13.4. The number of hydrogen-bond donors (Lipinski definition) is 2. The van der Waals surface area contributed by atoms with Crippen LogP contribution in [-0.2, 0) is 6.54 Å². The first-order valence-corrected chi connectivity index (χ1v) is 6.31. The van der Waals surface area contributed by atoms with E-state index in [2.05, 4.69) is 5.32 Å². The van der Waals surface area contributed by atoms with E-state index in [1.165, 1.54) is 12.1 Å². The Morgan fingerprint density at radius 2 is 2.21 bits per heavy atom. The van der Waals surface area contributed by atoms with Gasteiger partial charge in [-0.3, -0.25) is 10.1 Å². The van der Waals surface area contributed by atoms with Gasteiger partial charge in [0.1, 0.15) is 0 Å². The van der Waals surface area contributed by atoms with Crippen LogP contribution in [0.4, 0.5) is 10.1 Å². The van der Waals surface area contributed by atoms with Crippen LogP contribution < -0.4 is 5.32 Å². The van der Waals surface area contributed by atoms with Gasteiger partial charge in [-0.2, -0.15) is 4.39 Å². The normalized spacial score (nSPS) is 16.3. The Balaban J connectivity index is 1.87. The quantitative estimate of drug-likeness (QED) is 0.585. The molecule has 104 valence electrons. The fourth-order valence-electron chi connectivity index (χ4n) is 2.21. The van der Waals surface area contributed by atoms with Crippen molar-refractivity contribution in [1.82, 2.24) is 5.32 Å². The van der Waals surface area contributed by atoms with Crippen molar-refractivity contribution in [1.29, 1.82) is 0 Å². The zero-order valence-electron chi connectivity index (χ0n) is 10.6. The van der Waals surface area contributed by atoms with Gasteiger partial charge in [0.25, 0.3) is 0 Å². The van der Waals surface area contributed by atoms with Crippen molar-refractivity contribution in [3.8, 4) is 0 Å². The second kappa shape index (κ2) is 5.63. The molecule has 0 aliphatic heterocycles. The van der Waals surface area contributed by atoms with E-state index in [-0.39, 0.29) is 12.0 Å². The van der Waals surface area contributed by atoms with Crippen LogP contribution in [0.25, 0.3) is 0 Å². The molecular weight excluding hydrogens is 251 g/mol. The number of nitrogens with one attached hydrogen (secondary N) is 1. The topological polar surface area (TPSA) is 75.4 Å². The molecule has 0 radical (unpaired) electrons. The lowest BCUT2D eigenvalue weighted by Crippen LogP contribution is -2.24. The van der Waals surface area contributed by atoms with E-state index in [0.29, 0.717) is 12.1 Å². The molecule has 1 saturated carbocycles. The van der Waals surface area contributed by atoms with Gasteiger partial charge in [-0.05, 0) is 36.3 Å². The van der Waals surface area contributed by atoms with Gasteiger partial charge >= 0.3 is 5.69 Å². The standard InChI is InChI=1S/C13H17FN2O3/c14-11-7-10(1-2-12(11)16(18)19)8-15-9-13(3-4-13)5-6-17/h1-2,7,15,17H,3-6,8-9H2. The minimum atomic E-state index is -0.805. The van der Waals surface area contributed by atoms with Crippen LogP contribution in [0, 0.1) is 21.3 Å². The third-order valence-corrected chi connectivity index (χ3v) is 3.64. The van der Waals surface area contributed by atoms with Crippen LogP contribution in [0.5, 0.6) is 0 Å². The van der Waals surface area contributed by atoms with E-state index in [4.69, 9.17) is 5.11 Å². The molecule has 0 aromatic heterocycles. The monoisotopic (exact) mass is 268 g/mol. The summed E-state index contributed by atoms with van der Waals surface area (Å²) in [5, 5.41) is 22.6. The summed E-state index contributed by atoms with van der Waals surface area (Å²) < 4.78 is 13.4. The molecule has 0 bridgehead atoms. The van der Waals surface area contributed by atoms with Gasteiger partial charge in [-0.25, -0.2) is 0 Å². The Kier molecular flexibility index (Phi) is 4.11. The average molecular weight is 268 g/mol. The molecule has 0 unspecified atom stereocenters. The van der Waals surface area contributed by atoms with Gasteiger partial charge in [0.05, 0.1) is 4.92 Å². The first-order chi connectivity index (χ1) is 9.06. The highest BCUT2D eigenvalue weighted by atomic mass is 19.1. The van der Waals surface area contributed by atoms with Crippen LogP contribution in [0.1, 0.15) is 24.8 Å². The van der Waals surface area contributed by atoms with Gasteiger partial charge in [0.15, 0.2) is 0 Å². The van der Waals surface area contributed by atoms with Crippen LogP contribution in [0.2, 0.25) is 0 Å². The predicted octanol–water partition coefficient (Wildman–Crippen LogP) is 1.99.